The van der Waals surface area contributed by atoms with Gasteiger partial charge in [0.2, 0.25) is 0 Å². The van der Waals surface area contributed by atoms with Gasteiger partial charge in [0.1, 0.15) is 0 Å². The first kappa shape index (κ1) is 35.0. The van der Waals surface area contributed by atoms with Crippen LogP contribution in [-0.4, -0.2) is 3.21 Å². The van der Waals surface area contributed by atoms with Gasteiger partial charge >= 0.3 is 99.2 Å². The van der Waals surface area contributed by atoms with Crippen LogP contribution in [0.1, 0.15) is 81.3 Å². The monoisotopic (exact) mass is 681 g/mol. The molecule has 0 saturated carbocycles. The molecule has 0 N–H and O–H groups in total. The fourth-order valence-corrected chi connectivity index (χ4v) is 6.88. The molecule has 0 unspecified atom stereocenters. The third kappa shape index (κ3) is 7.63. The number of aryl methyl sites for hydroxylation is 1. The summed E-state index contributed by atoms with van der Waals surface area (Å²) in [6.07, 6.45) is 7.82. The van der Waals surface area contributed by atoms with E-state index in [-0.39, 0.29) is 35.6 Å². The Morgan fingerprint density at radius 3 is 1.79 bits per heavy atom. The Bertz CT molecular complexity index is 1730. The van der Waals surface area contributed by atoms with Crippen molar-refractivity contribution in [3.8, 4) is 0 Å². The summed E-state index contributed by atoms with van der Waals surface area (Å²) < 4.78 is 1.42. The molecular formula is C40H41Cl2Zr-. The molecule has 0 heterocycles. The predicted octanol–water partition coefficient (Wildman–Crippen LogP) is 4.77. The van der Waals surface area contributed by atoms with Crippen LogP contribution < -0.4 is 24.8 Å². The third-order valence-corrected chi connectivity index (χ3v) is 9.46. The van der Waals surface area contributed by atoms with Crippen molar-refractivity contribution in [3.63, 3.8) is 0 Å². The van der Waals surface area contributed by atoms with Crippen molar-refractivity contribution in [3.05, 3.63) is 143 Å². The molecular weight excluding hydrogens is 643 g/mol. The van der Waals surface area contributed by atoms with Crippen molar-refractivity contribution in [1.82, 2.24) is 0 Å². The zero-order valence-electron chi connectivity index (χ0n) is 26.4. The molecule has 0 aromatic heterocycles. The number of benzene rings is 4. The summed E-state index contributed by atoms with van der Waals surface area (Å²) in [6.45, 7) is 16.2. The van der Waals surface area contributed by atoms with Gasteiger partial charge in [-0.15, -0.1) is 33.7 Å². The molecule has 0 spiro atoms. The molecule has 0 radical (unpaired) electrons. The van der Waals surface area contributed by atoms with E-state index in [4.69, 9.17) is 0 Å². The van der Waals surface area contributed by atoms with E-state index in [0.29, 0.717) is 0 Å². The molecule has 220 valence electrons. The Kier molecular flexibility index (Phi) is 11.5. The molecule has 43 heavy (non-hydrogen) atoms. The Hall–Kier alpha value is -2.44. The summed E-state index contributed by atoms with van der Waals surface area (Å²) in [5, 5.41) is 5.57. The van der Waals surface area contributed by atoms with Crippen LogP contribution in [-0.2, 0) is 35.1 Å². The average Bonchev–Trinajstić information content (AvgIpc) is 3.60. The topological polar surface area (TPSA) is 0 Å². The summed E-state index contributed by atoms with van der Waals surface area (Å²) in [6, 6.07) is 33.0. The second-order valence-electron chi connectivity index (χ2n) is 13.3. The maximum absolute atomic E-state index is 2.43. The van der Waals surface area contributed by atoms with Gasteiger partial charge in [0.15, 0.2) is 0 Å². The van der Waals surface area contributed by atoms with Crippen LogP contribution in [0.5, 0.6) is 0 Å². The second kappa shape index (κ2) is 14.1. The molecule has 6 rings (SSSR count). The van der Waals surface area contributed by atoms with E-state index in [2.05, 4.69) is 158 Å². The van der Waals surface area contributed by atoms with E-state index < -0.39 is 0 Å². The standard InChI is InChI=1S/C27H31.C13H10.2ClH.Zr/c1-17-14-22-21-13-12-20(26(2,3)4)15-19(21)16-23(22)24(18-10-8-9-11-18)25(17)27(5,6)7;1-3-7-12(8-4-1)11-13-9-5-2-6-10-13;;;/h8-10,12-16H,11H2,1-7H3;1-10H;2*1H;/q-1;;;;+2/p-2. The maximum atomic E-state index is 2.43. The van der Waals surface area contributed by atoms with Gasteiger partial charge in [-0.05, 0) is 24.2 Å². The molecule has 0 fully saturated rings. The van der Waals surface area contributed by atoms with E-state index in [1.54, 1.807) is 0 Å². The summed E-state index contributed by atoms with van der Waals surface area (Å²) in [7, 11) is 0. The van der Waals surface area contributed by atoms with E-state index in [1.807, 2.05) is 0 Å². The summed E-state index contributed by atoms with van der Waals surface area (Å²) in [4.78, 5) is 0. The van der Waals surface area contributed by atoms with Gasteiger partial charge in [0, 0.05) is 0 Å². The first-order chi connectivity index (χ1) is 19.4. The van der Waals surface area contributed by atoms with Gasteiger partial charge in [0.25, 0.3) is 0 Å². The molecule has 5 aromatic rings. The first-order valence-corrected chi connectivity index (χ1v) is 15.9. The van der Waals surface area contributed by atoms with Gasteiger partial charge < -0.3 is 24.8 Å². The van der Waals surface area contributed by atoms with E-state index >= 15 is 0 Å². The minimum atomic E-state index is 0. The van der Waals surface area contributed by atoms with Crippen LogP contribution in [0.3, 0.4) is 0 Å². The van der Waals surface area contributed by atoms with Crippen molar-refractivity contribution >= 4 is 30.3 Å². The number of fused-ring (bicyclic) bond motifs is 3. The van der Waals surface area contributed by atoms with Crippen LogP contribution in [0.25, 0.3) is 27.1 Å². The van der Waals surface area contributed by atoms with Crippen molar-refractivity contribution in [2.75, 3.05) is 0 Å². The number of halogens is 2. The fraction of sp³-hybridized carbons (Fsp3) is 0.250. The molecule has 0 atom stereocenters. The molecule has 1 aliphatic rings. The molecule has 0 saturated heterocycles. The molecule has 5 aromatic carbocycles. The number of allylic oxidation sites excluding steroid dienone is 4. The van der Waals surface area contributed by atoms with Gasteiger partial charge in [-0.25, -0.2) is 0 Å². The number of rotatable bonds is 3. The molecule has 0 aliphatic heterocycles. The van der Waals surface area contributed by atoms with Crippen LogP contribution in [0.2, 0.25) is 0 Å². The summed E-state index contributed by atoms with van der Waals surface area (Å²) in [5.74, 6) is 0. The zero-order valence-corrected chi connectivity index (χ0v) is 30.3. The van der Waals surface area contributed by atoms with Crippen LogP contribution in [0.4, 0.5) is 0 Å². The van der Waals surface area contributed by atoms with Gasteiger partial charge in [-0.1, -0.05) is 106 Å². The Morgan fingerprint density at radius 1 is 0.721 bits per heavy atom. The molecule has 0 nitrogen and oxygen atoms in total. The van der Waals surface area contributed by atoms with E-state index in [0.717, 1.165) is 6.42 Å². The van der Waals surface area contributed by atoms with Crippen molar-refractivity contribution in [2.45, 2.75) is 65.7 Å². The average molecular weight is 684 g/mol. The zero-order chi connectivity index (χ0) is 29.4. The van der Waals surface area contributed by atoms with Gasteiger partial charge in [-0.3, -0.25) is 0 Å². The van der Waals surface area contributed by atoms with E-state index in [9.17, 15) is 0 Å². The first-order valence-electron chi connectivity index (χ1n) is 14.7. The second-order valence-corrected chi connectivity index (χ2v) is 14.5. The molecule has 1 aliphatic carbocycles. The molecule has 0 amide bonds. The Balaban J connectivity index is 0.000000269. The minimum absolute atomic E-state index is 0. The third-order valence-electron chi connectivity index (χ3n) is 8.04. The van der Waals surface area contributed by atoms with Gasteiger partial charge in [-0.2, -0.15) is 0 Å². The van der Waals surface area contributed by atoms with Crippen LogP contribution in [0.15, 0.2) is 109 Å². The van der Waals surface area contributed by atoms with Crippen LogP contribution >= 0.6 is 0 Å². The van der Waals surface area contributed by atoms with Gasteiger partial charge in [0.05, 0.1) is 0 Å². The normalized spacial score (nSPS) is 12.7. The van der Waals surface area contributed by atoms with E-state index in [1.165, 1.54) is 87.9 Å². The Labute approximate surface area is 285 Å². The summed E-state index contributed by atoms with van der Waals surface area (Å²) >= 11 is 1.46. The Morgan fingerprint density at radius 2 is 1.30 bits per heavy atom. The predicted molar refractivity (Wildman–Crippen MR) is 177 cm³/mol. The molecule has 3 heteroatoms. The fourth-order valence-electron chi connectivity index (χ4n) is 6.06. The quantitative estimate of drug-likeness (QED) is 0.241. The molecule has 0 bridgehead atoms. The SMILES string of the molecule is Cc1cc2c([cH-]c3cc(C(C)(C)C)ccc32)c(C2=CC=CC2)c1C(C)(C)C.[Cl-].[Cl-].[Zr+2]=[C](c1ccccc1)c1ccccc1. The van der Waals surface area contributed by atoms with Crippen molar-refractivity contribution < 1.29 is 49.0 Å². The number of hydrogen-bond acceptors (Lipinski definition) is 0. The van der Waals surface area contributed by atoms with Crippen LogP contribution in [0, 0.1) is 6.92 Å². The number of hydrogen-bond donors (Lipinski definition) is 0. The van der Waals surface area contributed by atoms with Crippen molar-refractivity contribution in [1.29, 1.82) is 0 Å². The van der Waals surface area contributed by atoms with Crippen molar-refractivity contribution in [2.24, 2.45) is 0 Å². The summed E-state index contributed by atoms with van der Waals surface area (Å²) in [5.41, 5.74) is 10.2.